The van der Waals surface area contributed by atoms with Crippen LogP contribution in [-0.4, -0.2) is 65.4 Å². The van der Waals surface area contributed by atoms with Crippen LogP contribution in [0.15, 0.2) is 0 Å². The minimum atomic E-state index is -3.10. The number of ether oxygens (including phenoxy) is 2. The molecule has 1 amide bonds. The Kier molecular flexibility index (Phi) is 10.5. The highest BCUT2D eigenvalue weighted by molar-refractivity contribution is 7.88. The van der Waals surface area contributed by atoms with Crippen molar-refractivity contribution in [2.75, 3.05) is 45.8 Å². The molecule has 0 spiro atoms. The second kappa shape index (κ2) is 11.0. The molecule has 0 unspecified atom stereocenters. The first-order valence-electron chi connectivity index (χ1n) is 5.99. The van der Waals surface area contributed by atoms with Gasteiger partial charge in [-0.2, -0.15) is 0 Å². The third kappa shape index (κ3) is 17.1. The Morgan fingerprint density at radius 2 is 1.68 bits per heavy atom. The van der Waals surface area contributed by atoms with Crippen LogP contribution in [0.4, 0.5) is 4.79 Å². The van der Waals surface area contributed by atoms with Crippen LogP contribution < -0.4 is 10.0 Å². The van der Waals surface area contributed by atoms with Crippen LogP contribution in [0.3, 0.4) is 0 Å². The predicted octanol–water partition coefficient (Wildman–Crippen LogP) is -0.383. The highest BCUT2D eigenvalue weighted by Crippen LogP contribution is 1.90. The molecular formula is C10H22N2O6S. The zero-order valence-corrected chi connectivity index (χ0v) is 11.9. The summed E-state index contributed by atoms with van der Waals surface area (Å²) in [6.07, 6.45) is 1.54. The number of hydrogen-bond donors (Lipinski definition) is 3. The minimum absolute atomic E-state index is 0.256. The van der Waals surface area contributed by atoms with E-state index in [9.17, 15) is 13.2 Å². The van der Waals surface area contributed by atoms with Gasteiger partial charge >= 0.3 is 6.09 Å². The fourth-order valence-corrected chi connectivity index (χ4v) is 1.65. The summed E-state index contributed by atoms with van der Waals surface area (Å²) in [6.45, 7) is 2.37. The van der Waals surface area contributed by atoms with Crippen LogP contribution in [0.2, 0.25) is 0 Å². The molecule has 0 aromatic rings. The van der Waals surface area contributed by atoms with E-state index in [-0.39, 0.29) is 6.54 Å². The van der Waals surface area contributed by atoms with Gasteiger partial charge in [0.05, 0.1) is 26.1 Å². The number of hydrogen-bond acceptors (Lipinski definition) is 5. The van der Waals surface area contributed by atoms with Gasteiger partial charge in [0.2, 0.25) is 10.0 Å². The average molecular weight is 298 g/mol. The zero-order valence-electron chi connectivity index (χ0n) is 11.1. The molecule has 0 atom stereocenters. The molecule has 9 heteroatoms. The number of rotatable bonds is 12. The molecule has 0 aliphatic heterocycles. The van der Waals surface area contributed by atoms with E-state index in [4.69, 9.17) is 14.6 Å². The number of sulfonamides is 1. The van der Waals surface area contributed by atoms with E-state index in [1.807, 2.05) is 0 Å². The monoisotopic (exact) mass is 298 g/mol. The summed E-state index contributed by atoms with van der Waals surface area (Å²) < 4.78 is 34.2. The first-order valence-corrected chi connectivity index (χ1v) is 7.88. The van der Waals surface area contributed by atoms with Gasteiger partial charge in [-0.15, -0.1) is 0 Å². The molecule has 0 aliphatic carbocycles. The standard InChI is InChI=1S/C10H22N2O6S/c1-19(15,16)12-4-2-3-6-17-8-9-18-7-5-11-10(13)14/h11-12H,2-9H2,1H3,(H,13,14). The Morgan fingerprint density at radius 1 is 1.05 bits per heavy atom. The van der Waals surface area contributed by atoms with Crippen molar-refractivity contribution in [3.63, 3.8) is 0 Å². The number of unbranched alkanes of at least 4 members (excludes halogenated alkanes) is 1. The summed E-state index contributed by atoms with van der Waals surface area (Å²) in [7, 11) is -3.10. The van der Waals surface area contributed by atoms with Gasteiger partial charge in [0.15, 0.2) is 0 Å². The molecule has 0 bridgehead atoms. The fraction of sp³-hybridized carbons (Fsp3) is 0.900. The maximum atomic E-state index is 10.7. The van der Waals surface area contributed by atoms with E-state index in [0.29, 0.717) is 33.0 Å². The van der Waals surface area contributed by atoms with Crippen molar-refractivity contribution in [3.05, 3.63) is 0 Å². The van der Waals surface area contributed by atoms with Gasteiger partial charge in [0.25, 0.3) is 0 Å². The lowest BCUT2D eigenvalue weighted by molar-refractivity contribution is 0.0476. The van der Waals surface area contributed by atoms with Gasteiger partial charge in [-0.3, -0.25) is 0 Å². The van der Waals surface area contributed by atoms with Crippen molar-refractivity contribution in [2.24, 2.45) is 0 Å². The quantitative estimate of drug-likeness (QED) is 0.423. The second-order valence-corrected chi connectivity index (χ2v) is 5.66. The molecule has 0 aromatic heterocycles. The SMILES string of the molecule is CS(=O)(=O)NCCCCOCCOCCNC(=O)O. The van der Waals surface area contributed by atoms with E-state index in [2.05, 4.69) is 10.0 Å². The van der Waals surface area contributed by atoms with Gasteiger partial charge in [0.1, 0.15) is 0 Å². The first-order chi connectivity index (χ1) is 8.92. The van der Waals surface area contributed by atoms with E-state index in [1.165, 1.54) is 0 Å². The molecule has 0 aromatic carbocycles. The molecule has 0 rings (SSSR count). The molecular weight excluding hydrogens is 276 g/mol. The Bertz CT molecular complexity index is 333. The Hall–Kier alpha value is -0.900. The average Bonchev–Trinajstić information content (AvgIpc) is 2.28. The van der Waals surface area contributed by atoms with Crippen LogP contribution in [0, 0.1) is 0 Å². The van der Waals surface area contributed by atoms with E-state index < -0.39 is 16.1 Å². The lowest BCUT2D eigenvalue weighted by Crippen LogP contribution is -2.25. The first kappa shape index (κ1) is 18.1. The minimum Gasteiger partial charge on any atom is -0.465 e. The molecule has 0 heterocycles. The van der Waals surface area contributed by atoms with Gasteiger partial charge in [-0.05, 0) is 12.8 Å². The highest BCUT2D eigenvalue weighted by Gasteiger charge is 1.98. The molecule has 0 fully saturated rings. The summed E-state index contributed by atoms with van der Waals surface area (Å²) >= 11 is 0. The lowest BCUT2D eigenvalue weighted by Gasteiger charge is -2.06. The smallest absolute Gasteiger partial charge is 0.404 e. The summed E-state index contributed by atoms with van der Waals surface area (Å²) in [5.74, 6) is 0. The number of nitrogens with one attached hydrogen (secondary N) is 2. The normalized spacial score (nSPS) is 11.4. The van der Waals surface area contributed by atoms with E-state index >= 15 is 0 Å². The Balaban J connectivity index is 3.09. The van der Waals surface area contributed by atoms with Crippen molar-refractivity contribution in [1.29, 1.82) is 0 Å². The molecule has 0 radical (unpaired) electrons. The largest absolute Gasteiger partial charge is 0.465 e. The van der Waals surface area contributed by atoms with Gasteiger partial charge in [-0.25, -0.2) is 17.9 Å². The number of amides is 1. The Morgan fingerprint density at radius 3 is 2.26 bits per heavy atom. The predicted molar refractivity (Wildman–Crippen MR) is 69.7 cm³/mol. The van der Waals surface area contributed by atoms with Gasteiger partial charge < -0.3 is 19.9 Å². The maximum absolute atomic E-state index is 10.7. The summed E-state index contributed by atoms with van der Waals surface area (Å²) in [5, 5.41) is 10.5. The summed E-state index contributed by atoms with van der Waals surface area (Å²) in [6, 6.07) is 0. The van der Waals surface area contributed by atoms with Crippen molar-refractivity contribution in [3.8, 4) is 0 Å². The van der Waals surface area contributed by atoms with Crippen molar-refractivity contribution in [1.82, 2.24) is 10.0 Å². The summed E-state index contributed by atoms with van der Waals surface area (Å²) in [5.41, 5.74) is 0. The summed E-state index contributed by atoms with van der Waals surface area (Å²) in [4.78, 5) is 10.1. The van der Waals surface area contributed by atoms with Crippen LogP contribution in [-0.2, 0) is 19.5 Å². The van der Waals surface area contributed by atoms with Crippen LogP contribution >= 0.6 is 0 Å². The fourth-order valence-electron chi connectivity index (χ4n) is 1.14. The number of carboxylic acid groups (broad SMARTS) is 1. The molecule has 114 valence electrons. The van der Waals surface area contributed by atoms with Crippen molar-refractivity contribution < 1.29 is 27.8 Å². The van der Waals surface area contributed by atoms with Gasteiger partial charge in [0, 0.05) is 19.7 Å². The molecule has 0 saturated heterocycles. The van der Waals surface area contributed by atoms with Crippen LogP contribution in [0.5, 0.6) is 0 Å². The van der Waals surface area contributed by atoms with E-state index in [1.54, 1.807) is 0 Å². The highest BCUT2D eigenvalue weighted by atomic mass is 32.2. The van der Waals surface area contributed by atoms with Crippen LogP contribution in [0.25, 0.3) is 0 Å². The molecule has 8 nitrogen and oxygen atoms in total. The lowest BCUT2D eigenvalue weighted by atomic mass is 10.3. The zero-order chi connectivity index (χ0) is 14.6. The number of carbonyl (C=O) groups is 1. The maximum Gasteiger partial charge on any atom is 0.404 e. The third-order valence-corrected chi connectivity index (χ3v) is 2.70. The topological polar surface area (TPSA) is 114 Å². The van der Waals surface area contributed by atoms with E-state index in [0.717, 1.165) is 19.1 Å². The molecule has 19 heavy (non-hydrogen) atoms. The van der Waals surface area contributed by atoms with Crippen molar-refractivity contribution in [2.45, 2.75) is 12.8 Å². The third-order valence-electron chi connectivity index (χ3n) is 1.97. The second-order valence-electron chi connectivity index (χ2n) is 3.83. The Labute approximate surface area is 113 Å². The van der Waals surface area contributed by atoms with Crippen molar-refractivity contribution >= 4 is 16.1 Å². The molecule has 0 saturated carbocycles. The van der Waals surface area contributed by atoms with Gasteiger partial charge in [-0.1, -0.05) is 0 Å². The molecule has 3 N–H and O–H groups in total. The molecule has 0 aliphatic rings. The van der Waals surface area contributed by atoms with Crippen LogP contribution in [0.1, 0.15) is 12.8 Å².